The Balaban J connectivity index is 1.79. The van der Waals surface area contributed by atoms with Gasteiger partial charge in [-0.2, -0.15) is 0 Å². The van der Waals surface area contributed by atoms with Gasteiger partial charge in [-0.3, -0.25) is 9.59 Å². The van der Waals surface area contributed by atoms with E-state index < -0.39 is 22.6 Å². The van der Waals surface area contributed by atoms with E-state index in [1.165, 1.54) is 29.2 Å². The maximum Gasteiger partial charge on any atom is 0.307 e. The van der Waals surface area contributed by atoms with Crippen molar-refractivity contribution in [1.29, 1.82) is 0 Å². The molecule has 150 valence electrons. The number of nitrogens with one attached hydrogen (secondary N) is 1. The molecule has 1 amide bonds. The molecule has 0 aromatic heterocycles. The number of amides is 1. The number of carbonyl (C=O) groups is 2. The van der Waals surface area contributed by atoms with Gasteiger partial charge < -0.3 is 9.64 Å². The van der Waals surface area contributed by atoms with Gasteiger partial charge in [-0.05, 0) is 43.3 Å². The third kappa shape index (κ3) is 6.33. The summed E-state index contributed by atoms with van der Waals surface area (Å²) in [4.78, 5) is 25.6. The first-order valence-corrected chi connectivity index (χ1v) is 10.5. The van der Waals surface area contributed by atoms with Crippen LogP contribution in [0.3, 0.4) is 0 Å². The lowest BCUT2D eigenvalue weighted by Gasteiger charge is -2.20. The summed E-state index contributed by atoms with van der Waals surface area (Å²) in [5.74, 6) is -1.03. The van der Waals surface area contributed by atoms with Crippen LogP contribution >= 0.6 is 11.6 Å². The van der Waals surface area contributed by atoms with Gasteiger partial charge in [-0.15, -0.1) is 0 Å². The fourth-order valence-electron chi connectivity index (χ4n) is 2.39. The molecule has 0 radical (unpaired) electrons. The standard InChI is InChI=1S/C19H21ClN2O5S/c1-2-22(16-6-4-3-5-7-16)18(23)14-27-19(24)12-13-21-28(25,26)17-10-8-15(20)9-11-17/h3-11,21H,2,12-14H2,1H3. The van der Waals surface area contributed by atoms with Crippen LogP contribution in [0.1, 0.15) is 13.3 Å². The third-order valence-corrected chi connectivity index (χ3v) is 5.52. The summed E-state index contributed by atoms with van der Waals surface area (Å²) < 4.78 is 31.5. The molecule has 0 spiro atoms. The monoisotopic (exact) mass is 424 g/mol. The minimum atomic E-state index is -3.75. The number of carbonyl (C=O) groups excluding carboxylic acids is 2. The molecule has 0 fully saturated rings. The SMILES string of the molecule is CCN(C(=O)COC(=O)CCNS(=O)(=O)c1ccc(Cl)cc1)c1ccccc1. The smallest absolute Gasteiger partial charge is 0.307 e. The zero-order valence-electron chi connectivity index (χ0n) is 15.3. The number of sulfonamides is 1. The zero-order valence-corrected chi connectivity index (χ0v) is 16.9. The Bertz CT molecular complexity index is 902. The van der Waals surface area contributed by atoms with Crippen molar-refractivity contribution in [3.63, 3.8) is 0 Å². The lowest BCUT2D eigenvalue weighted by Crippen LogP contribution is -2.35. The topological polar surface area (TPSA) is 92.8 Å². The summed E-state index contributed by atoms with van der Waals surface area (Å²) in [5.41, 5.74) is 0.710. The Morgan fingerprint density at radius 2 is 1.71 bits per heavy atom. The van der Waals surface area contributed by atoms with Gasteiger partial charge in [-0.1, -0.05) is 29.8 Å². The van der Waals surface area contributed by atoms with E-state index in [2.05, 4.69) is 4.72 Å². The van der Waals surface area contributed by atoms with Crippen molar-refractivity contribution in [2.75, 3.05) is 24.6 Å². The number of para-hydroxylation sites is 1. The molecule has 0 unspecified atom stereocenters. The number of hydrogen-bond donors (Lipinski definition) is 1. The average molecular weight is 425 g/mol. The van der Waals surface area contributed by atoms with Gasteiger partial charge in [0.15, 0.2) is 6.61 Å². The number of benzene rings is 2. The van der Waals surface area contributed by atoms with E-state index in [9.17, 15) is 18.0 Å². The van der Waals surface area contributed by atoms with Gasteiger partial charge >= 0.3 is 5.97 Å². The summed E-state index contributed by atoms with van der Waals surface area (Å²) in [6.07, 6.45) is -0.197. The van der Waals surface area contributed by atoms with Crippen LogP contribution in [0.5, 0.6) is 0 Å². The average Bonchev–Trinajstić information content (AvgIpc) is 2.68. The fourth-order valence-corrected chi connectivity index (χ4v) is 3.55. The summed E-state index contributed by atoms with van der Waals surface area (Å²) in [6.45, 7) is 1.69. The molecule has 2 aromatic carbocycles. The first-order chi connectivity index (χ1) is 13.3. The molecule has 0 aliphatic rings. The quantitative estimate of drug-likeness (QED) is 0.624. The van der Waals surface area contributed by atoms with Crippen LogP contribution in [0.4, 0.5) is 5.69 Å². The number of halogens is 1. The van der Waals surface area contributed by atoms with E-state index in [1.54, 1.807) is 12.1 Å². The summed E-state index contributed by atoms with van der Waals surface area (Å²) in [6, 6.07) is 14.7. The number of rotatable bonds is 9. The summed E-state index contributed by atoms with van der Waals surface area (Å²) in [7, 11) is -3.75. The minimum Gasteiger partial charge on any atom is -0.456 e. The second-order valence-corrected chi connectivity index (χ2v) is 7.94. The molecule has 0 aliphatic heterocycles. The molecule has 9 heteroatoms. The van der Waals surface area contributed by atoms with Crippen LogP contribution in [0.15, 0.2) is 59.5 Å². The second-order valence-electron chi connectivity index (χ2n) is 5.74. The minimum absolute atomic E-state index is 0.0434. The van der Waals surface area contributed by atoms with Gasteiger partial charge in [0.2, 0.25) is 10.0 Å². The zero-order chi connectivity index (χ0) is 20.6. The molecule has 28 heavy (non-hydrogen) atoms. The van der Waals surface area contributed by atoms with Crippen LogP contribution < -0.4 is 9.62 Å². The van der Waals surface area contributed by atoms with Crippen LogP contribution in [-0.4, -0.2) is 40.0 Å². The van der Waals surface area contributed by atoms with Crippen molar-refractivity contribution in [2.24, 2.45) is 0 Å². The summed E-state index contributed by atoms with van der Waals surface area (Å²) in [5, 5.41) is 0.420. The molecule has 0 saturated carbocycles. The number of anilines is 1. The molecule has 0 heterocycles. The van der Waals surface area contributed by atoms with Gasteiger partial charge in [0.1, 0.15) is 0 Å². The lowest BCUT2D eigenvalue weighted by atomic mass is 10.3. The Morgan fingerprint density at radius 1 is 1.07 bits per heavy atom. The highest BCUT2D eigenvalue weighted by Gasteiger charge is 2.17. The van der Waals surface area contributed by atoms with Crippen molar-refractivity contribution in [3.05, 3.63) is 59.6 Å². The Labute approximate surface area is 169 Å². The van der Waals surface area contributed by atoms with Crippen molar-refractivity contribution >= 4 is 39.2 Å². The third-order valence-electron chi connectivity index (χ3n) is 3.79. The Morgan fingerprint density at radius 3 is 2.32 bits per heavy atom. The predicted octanol–water partition coefficient (Wildman–Crippen LogP) is 2.60. The molecular weight excluding hydrogens is 404 g/mol. The first-order valence-electron chi connectivity index (χ1n) is 8.59. The highest BCUT2D eigenvalue weighted by atomic mass is 35.5. The molecule has 0 bridgehead atoms. The number of likely N-dealkylation sites (N-methyl/N-ethyl adjacent to an activating group) is 1. The normalized spacial score (nSPS) is 11.1. The summed E-state index contributed by atoms with van der Waals surface area (Å²) >= 11 is 5.73. The number of hydrogen-bond acceptors (Lipinski definition) is 5. The van der Waals surface area contributed by atoms with E-state index in [-0.39, 0.29) is 23.8 Å². The van der Waals surface area contributed by atoms with Crippen molar-refractivity contribution in [2.45, 2.75) is 18.2 Å². The second kappa shape index (κ2) is 10.2. The first kappa shape index (κ1) is 21.9. The maximum atomic E-state index is 12.3. The molecule has 7 nitrogen and oxygen atoms in total. The van der Waals surface area contributed by atoms with Crippen LogP contribution in [0.2, 0.25) is 5.02 Å². The number of esters is 1. The van der Waals surface area contributed by atoms with Crippen LogP contribution in [-0.2, 0) is 24.3 Å². The van der Waals surface area contributed by atoms with Crippen molar-refractivity contribution in [3.8, 4) is 0 Å². The fraction of sp³-hybridized carbons (Fsp3) is 0.263. The molecule has 0 saturated heterocycles. The number of ether oxygens (including phenoxy) is 1. The highest BCUT2D eigenvalue weighted by molar-refractivity contribution is 7.89. The van der Waals surface area contributed by atoms with E-state index in [0.29, 0.717) is 17.3 Å². The Kier molecular flexibility index (Phi) is 7.98. The largest absolute Gasteiger partial charge is 0.456 e. The van der Waals surface area contributed by atoms with Gasteiger partial charge in [0, 0.05) is 23.8 Å². The van der Waals surface area contributed by atoms with Crippen LogP contribution in [0.25, 0.3) is 0 Å². The van der Waals surface area contributed by atoms with Gasteiger partial charge in [0.05, 0.1) is 11.3 Å². The van der Waals surface area contributed by atoms with Crippen molar-refractivity contribution < 1.29 is 22.7 Å². The van der Waals surface area contributed by atoms with E-state index >= 15 is 0 Å². The molecule has 0 aliphatic carbocycles. The van der Waals surface area contributed by atoms with Crippen molar-refractivity contribution in [1.82, 2.24) is 4.72 Å². The predicted molar refractivity (Wildman–Crippen MR) is 107 cm³/mol. The maximum absolute atomic E-state index is 12.3. The highest BCUT2D eigenvalue weighted by Crippen LogP contribution is 2.14. The lowest BCUT2D eigenvalue weighted by molar-refractivity contribution is -0.147. The van der Waals surface area contributed by atoms with E-state index in [4.69, 9.17) is 16.3 Å². The molecule has 1 N–H and O–H groups in total. The Hall–Kier alpha value is -2.42. The molecule has 0 atom stereocenters. The molecule has 2 aromatic rings. The number of nitrogens with zero attached hydrogens (tertiary/aromatic N) is 1. The molecular formula is C19H21ClN2O5S. The van der Waals surface area contributed by atoms with Gasteiger partial charge in [0.25, 0.3) is 5.91 Å². The molecule has 2 rings (SSSR count). The van der Waals surface area contributed by atoms with Gasteiger partial charge in [-0.25, -0.2) is 13.1 Å². The van der Waals surface area contributed by atoms with E-state index in [1.807, 2.05) is 25.1 Å². The van der Waals surface area contributed by atoms with Crippen LogP contribution in [0, 0.1) is 0 Å². The van der Waals surface area contributed by atoms with E-state index in [0.717, 1.165) is 0 Å².